The Hall–Kier alpha value is -0.430. The first-order valence-electron chi connectivity index (χ1n) is 6.38. The van der Waals surface area contributed by atoms with Crippen molar-refractivity contribution < 1.29 is 8.42 Å². The summed E-state index contributed by atoms with van der Waals surface area (Å²) in [4.78, 5) is 0. The number of nitrogens with one attached hydrogen (secondary N) is 1. The van der Waals surface area contributed by atoms with Crippen LogP contribution in [0.2, 0.25) is 0 Å². The van der Waals surface area contributed by atoms with Crippen LogP contribution in [0.1, 0.15) is 31.2 Å². The predicted octanol–water partition coefficient (Wildman–Crippen LogP) is 1.67. The van der Waals surface area contributed by atoms with Crippen molar-refractivity contribution in [2.45, 2.75) is 42.5 Å². The summed E-state index contributed by atoms with van der Waals surface area (Å²) in [7, 11) is -3.34. The predicted molar refractivity (Wildman–Crippen MR) is 71.8 cm³/mol. The van der Waals surface area contributed by atoms with Gasteiger partial charge in [-0.2, -0.15) is 0 Å². The van der Waals surface area contributed by atoms with Gasteiger partial charge in [-0.3, -0.25) is 0 Å². The maximum absolute atomic E-state index is 12.3. The second-order valence-corrected chi connectivity index (χ2v) is 8.23. The zero-order valence-corrected chi connectivity index (χ0v) is 11.8. The molecule has 18 heavy (non-hydrogen) atoms. The number of hydrogen-bond acceptors (Lipinski definition) is 4. The lowest BCUT2D eigenvalue weighted by molar-refractivity contribution is 0.390. The number of sulfonamides is 1. The van der Waals surface area contributed by atoms with Crippen LogP contribution >= 0.6 is 11.3 Å². The number of fused-ring (bicyclic) bond motifs is 2. The molecular weight excluding hydrogens is 268 g/mol. The fourth-order valence-electron chi connectivity index (χ4n) is 3.25. The van der Waals surface area contributed by atoms with E-state index in [-0.39, 0.29) is 6.04 Å². The average molecular weight is 286 g/mol. The number of hydrogen-bond donors (Lipinski definition) is 2. The molecule has 3 unspecified atom stereocenters. The summed E-state index contributed by atoms with van der Waals surface area (Å²) in [5, 5.41) is 1.81. The monoisotopic (exact) mass is 286 g/mol. The van der Waals surface area contributed by atoms with E-state index in [1.807, 2.05) is 5.38 Å². The molecule has 4 nitrogen and oxygen atoms in total. The van der Waals surface area contributed by atoms with Gasteiger partial charge in [0.25, 0.3) is 0 Å². The molecule has 0 amide bonds. The Bertz CT molecular complexity index is 538. The molecule has 0 saturated heterocycles. The van der Waals surface area contributed by atoms with Crippen molar-refractivity contribution in [1.29, 1.82) is 0 Å². The highest BCUT2D eigenvalue weighted by Gasteiger charge is 2.41. The van der Waals surface area contributed by atoms with E-state index in [9.17, 15) is 8.42 Å². The lowest BCUT2D eigenvalue weighted by Crippen LogP contribution is -2.38. The normalized spacial score (nSPS) is 31.1. The Balaban J connectivity index is 1.75. The van der Waals surface area contributed by atoms with E-state index in [0.29, 0.717) is 16.7 Å². The van der Waals surface area contributed by atoms with Gasteiger partial charge in [-0.05, 0) is 48.1 Å². The van der Waals surface area contributed by atoms with E-state index in [1.165, 1.54) is 30.6 Å². The van der Waals surface area contributed by atoms with Gasteiger partial charge < -0.3 is 5.73 Å². The Morgan fingerprint density at radius 3 is 2.78 bits per heavy atom. The maximum Gasteiger partial charge on any atom is 0.250 e. The topological polar surface area (TPSA) is 72.2 Å². The highest BCUT2D eigenvalue weighted by atomic mass is 32.2. The Morgan fingerprint density at radius 1 is 1.39 bits per heavy atom. The van der Waals surface area contributed by atoms with E-state index < -0.39 is 10.0 Å². The average Bonchev–Trinajstić information content (AvgIpc) is 3.04. The van der Waals surface area contributed by atoms with Crippen molar-refractivity contribution in [2.24, 2.45) is 17.6 Å². The number of nitrogens with two attached hydrogens (primary N) is 1. The SMILES string of the molecule is NCc1csc(S(=O)(=O)NC2CC3CCC2C3)c1. The molecule has 0 radical (unpaired) electrons. The molecule has 3 N–H and O–H groups in total. The van der Waals surface area contributed by atoms with E-state index in [0.717, 1.165) is 17.9 Å². The van der Waals surface area contributed by atoms with Crippen molar-refractivity contribution in [3.63, 3.8) is 0 Å². The summed E-state index contributed by atoms with van der Waals surface area (Å²) in [6.07, 6.45) is 4.67. The molecule has 1 aromatic rings. The van der Waals surface area contributed by atoms with Gasteiger partial charge in [0, 0.05) is 12.6 Å². The molecule has 3 atom stereocenters. The van der Waals surface area contributed by atoms with Gasteiger partial charge in [0.1, 0.15) is 4.21 Å². The van der Waals surface area contributed by atoms with Crippen LogP contribution in [0.25, 0.3) is 0 Å². The standard InChI is InChI=1S/C12H18N2O2S2/c13-6-9-5-12(17-7-9)18(15,16)14-11-4-8-1-2-10(11)3-8/h5,7-8,10-11,14H,1-4,6,13H2. The molecule has 2 aliphatic rings. The maximum atomic E-state index is 12.3. The van der Waals surface area contributed by atoms with Crippen LogP contribution in [0, 0.1) is 11.8 Å². The van der Waals surface area contributed by atoms with Gasteiger partial charge in [-0.25, -0.2) is 13.1 Å². The Kier molecular flexibility index (Phi) is 3.21. The number of rotatable bonds is 4. The van der Waals surface area contributed by atoms with Crippen LogP contribution < -0.4 is 10.5 Å². The van der Waals surface area contributed by atoms with E-state index in [1.54, 1.807) is 6.07 Å². The van der Waals surface area contributed by atoms with Crippen LogP contribution in [-0.2, 0) is 16.6 Å². The van der Waals surface area contributed by atoms with Crippen LogP contribution in [0.5, 0.6) is 0 Å². The quantitative estimate of drug-likeness (QED) is 0.884. The van der Waals surface area contributed by atoms with Crippen LogP contribution in [0.4, 0.5) is 0 Å². The molecule has 0 aromatic carbocycles. The fraction of sp³-hybridized carbons (Fsp3) is 0.667. The second kappa shape index (κ2) is 4.59. The summed E-state index contributed by atoms with van der Waals surface area (Å²) >= 11 is 1.25. The van der Waals surface area contributed by atoms with Crippen molar-refractivity contribution >= 4 is 21.4 Å². The summed E-state index contributed by atoms with van der Waals surface area (Å²) < 4.78 is 27.8. The molecule has 0 aliphatic heterocycles. The van der Waals surface area contributed by atoms with Crippen LogP contribution in [-0.4, -0.2) is 14.5 Å². The lowest BCUT2D eigenvalue weighted by atomic mass is 9.96. The fourth-order valence-corrected chi connectivity index (χ4v) is 5.80. The van der Waals surface area contributed by atoms with Crippen molar-refractivity contribution in [1.82, 2.24) is 4.72 Å². The lowest BCUT2D eigenvalue weighted by Gasteiger charge is -2.22. The second-order valence-electron chi connectivity index (χ2n) is 5.38. The summed E-state index contributed by atoms with van der Waals surface area (Å²) in [5.74, 6) is 1.30. The molecular formula is C12H18N2O2S2. The minimum absolute atomic E-state index is 0.150. The summed E-state index contributed by atoms with van der Waals surface area (Å²) in [6.45, 7) is 0.389. The Morgan fingerprint density at radius 2 is 2.22 bits per heavy atom. The molecule has 2 aliphatic carbocycles. The van der Waals surface area contributed by atoms with Gasteiger partial charge in [0.05, 0.1) is 0 Å². The van der Waals surface area contributed by atoms with E-state index in [2.05, 4.69) is 4.72 Å². The van der Waals surface area contributed by atoms with Gasteiger partial charge in [0.2, 0.25) is 10.0 Å². The molecule has 2 saturated carbocycles. The summed E-state index contributed by atoms with van der Waals surface area (Å²) in [6, 6.07) is 1.83. The molecule has 100 valence electrons. The molecule has 3 rings (SSSR count). The first-order valence-corrected chi connectivity index (χ1v) is 8.74. The van der Waals surface area contributed by atoms with Gasteiger partial charge in [-0.1, -0.05) is 6.42 Å². The first kappa shape index (κ1) is 12.6. The first-order chi connectivity index (χ1) is 8.58. The zero-order chi connectivity index (χ0) is 12.8. The molecule has 2 bridgehead atoms. The van der Waals surface area contributed by atoms with Crippen molar-refractivity contribution in [3.8, 4) is 0 Å². The van der Waals surface area contributed by atoms with Crippen LogP contribution in [0.3, 0.4) is 0 Å². The molecule has 2 fully saturated rings. The number of thiophene rings is 1. The highest BCUT2D eigenvalue weighted by molar-refractivity contribution is 7.91. The third kappa shape index (κ3) is 2.22. The van der Waals surface area contributed by atoms with Gasteiger partial charge >= 0.3 is 0 Å². The molecule has 1 aromatic heterocycles. The Labute approximate surface area is 112 Å². The minimum Gasteiger partial charge on any atom is -0.326 e. The molecule has 6 heteroatoms. The largest absolute Gasteiger partial charge is 0.326 e. The van der Waals surface area contributed by atoms with Crippen LogP contribution in [0.15, 0.2) is 15.7 Å². The summed E-state index contributed by atoms with van der Waals surface area (Å²) in [5.41, 5.74) is 6.39. The van der Waals surface area contributed by atoms with Crippen molar-refractivity contribution in [2.75, 3.05) is 0 Å². The smallest absolute Gasteiger partial charge is 0.250 e. The highest BCUT2D eigenvalue weighted by Crippen LogP contribution is 2.44. The molecule has 0 spiro atoms. The van der Waals surface area contributed by atoms with Gasteiger partial charge in [0.15, 0.2) is 0 Å². The van der Waals surface area contributed by atoms with Crippen molar-refractivity contribution in [3.05, 3.63) is 17.0 Å². The molecule has 1 heterocycles. The van der Waals surface area contributed by atoms with E-state index in [4.69, 9.17) is 5.73 Å². The zero-order valence-electron chi connectivity index (χ0n) is 10.1. The third-order valence-corrected chi connectivity index (χ3v) is 7.15. The minimum atomic E-state index is -3.34. The van der Waals surface area contributed by atoms with E-state index >= 15 is 0 Å². The third-order valence-electron chi connectivity index (χ3n) is 4.17. The van der Waals surface area contributed by atoms with Gasteiger partial charge in [-0.15, -0.1) is 11.3 Å².